The fourth-order valence-electron chi connectivity index (χ4n) is 3.21. The van der Waals surface area contributed by atoms with E-state index in [2.05, 4.69) is 31.8 Å². The molecule has 0 aromatic carbocycles. The van der Waals surface area contributed by atoms with Crippen molar-refractivity contribution in [2.24, 2.45) is 0 Å². The third kappa shape index (κ3) is 3.22. The van der Waals surface area contributed by atoms with Crippen molar-refractivity contribution in [3.8, 4) is 0 Å². The lowest BCUT2D eigenvalue weighted by Gasteiger charge is -2.47. The normalized spacial score (nSPS) is 22.5. The van der Waals surface area contributed by atoms with Crippen LogP contribution in [0.4, 0.5) is 5.13 Å². The van der Waals surface area contributed by atoms with Crippen molar-refractivity contribution in [3.63, 3.8) is 0 Å². The first-order valence-corrected chi connectivity index (χ1v) is 9.65. The van der Waals surface area contributed by atoms with Gasteiger partial charge in [-0.1, -0.05) is 17.4 Å². The Hall–Kier alpha value is -1.18. The number of hydrogen-bond donors (Lipinski definition) is 0. The zero-order valence-electron chi connectivity index (χ0n) is 13.4. The molecule has 2 saturated heterocycles. The van der Waals surface area contributed by atoms with E-state index in [1.54, 1.807) is 11.3 Å². The number of aromatic nitrogens is 3. The fraction of sp³-hybridized carbons (Fsp3) is 0.562. The number of nitrogens with zero attached hydrogens (tertiary/aromatic N) is 4. The summed E-state index contributed by atoms with van der Waals surface area (Å²) in [7, 11) is 0. The van der Waals surface area contributed by atoms with Gasteiger partial charge in [-0.3, -0.25) is 4.98 Å². The zero-order chi connectivity index (χ0) is 15.9. The van der Waals surface area contributed by atoms with Crippen LogP contribution < -0.4 is 4.90 Å². The van der Waals surface area contributed by atoms with Crippen molar-refractivity contribution < 1.29 is 4.74 Å². The van der Waals surface area contributed by atoms with Gasteiger partial charge in [-0.2, -0.15) is 0 Å². The predicted octanol–water partition coefficient (Wildman–Crippen LogP) is 2.83. The number of aryl methyl sites for hydroxylation is 2. The molecule has 5 nitrogen and oxygen atoms in total. The van der Waals surface area contributed by atoms with Gasteiger partial charge < -0.3 is 9.64 Å². The molecule has 0 amide bonds. The standard InChI is InChI=1S/C16H20N4OS2/c1-11-4-3-5-13(17-11)7-21-14-6-16(22-8-14)9-20(10-16)15-19-18-12(2)23-15/h3-5,14H,6-10H2,1-2H3/t14-/m0/s1. The molecule has 2 aromatic heterocycles. The number of anilines is 1. The summed E-state index contributed by atoms with van der Waals surface area (Å²) >= 11 is 3.73. The monoisotopic (exact) mass is 348 g/mol. The molecule has 2 aromatic rings. The van der Waals surface area contributed by atoms with Gasteiger partial charge in [-0.05, 0) is 32.4 Å². The van der Waals surface area contributed by atoms with Crippen molar-refractivity contribution in [1.82, 2.24) is 15.2 Å². The van der Waals surface area contributed by atoms with Gasteiger partial charge in [0, 0.05) is 24.5 Å². The lowest BCUT2D eigenvalue weighted by Crippen LogP contribution is -2.59. The maximum atomic E-state index is 6.09. The first-order chi connectivity index (χ1) is 11.1. The van der Waals surface area contributed by atoms with Crippen molar-refractivity contribution in [2.45, 2.75) is 37.7 Å². The number of hydrogen-bond acceptors (Lipinski definition) is 7. The van der Waals surface area contributed by atoms with E-state index in [0.717, 1.165) is 46.8 Å². The van der Waals surface area contributed by atoms with Gasteiger partial charge in [0.15, 0.2) is 0 Å². The Kier molecular flexibility index (Phi) is 4.03. The Bertz CT molecular complexity index is 699. The molecule has 7 heteroatoms. The molecular formula is C16H20N4OS2. The van der Waals surface area contributed by atoms with Gasteiger partial charge in [0.1, 0.15) is 5.01 Å². The summed E-state index contributed by atoms with van der Waals surface area (Å²) in [5.41, 5.74) is 2.07. The van der Waals surface area contributed by atoms with Crippen LogP contribution in [0.2, 0.25) is 0 Å². The lowest BCUT2D eigenvalue weighted by atomic mass is 9.93. The molecule has 4 heterocycles. The number of ether oxygens (including phenoxy) is 1. The average molecular weight is 348 g/mol. The van der Waals surface area contributed by atoms with E-state index in [1.165, 1.54) is 0 Å². The van der Waals surface area contributed by atoms with Gasteiger partial charge in [0.05, 0.1) is 23.2 Å². The Morgan fingerprint density at radius 3 is 2.91 bits per heavy atom. The first kappa shape index (κ1) is 15.4. The summed E-state index contributed by atoms with van der Waals surface area (Å²) in [6, 6.07) is 6.09. The van der Waals surface area contributed by atoms with Crippen molar-refractivity contribution in [2.75, 3.05) is 23.7 Å². The van der Waals surface area contributed by atoms with Gasteiger partial charge in [0.25, 0.3) is 0 Å². The number of pyridine rings is 1. The average Bonchev–Trinajstić information content (AvgIpc) is 3.10. The summed E-state index contributed by atoms with van der Waals surface area (Å²) in [5, 5.41) is 10.4. The van der Waals surface area contributed by atoms with Crippen LogP contribution in [-0.2, 0) is 11.3 Å². The van der Waals surface area contributed by atoms with Crippen molar-refractivity contribution in [3.05, 3.63) is 34.6 Å². The molecule has 2 aliphatic heterocycles. The van der Waals surface area contributed by atoms with Crippen LogP contribution in [0, 0.1) is 13.8 Å². The molecule has 0 radical (unpaired) electrons. The zero-order valence-corrected chi connectivity index (χ0v) is 15.0. The molecule has 2 aliphatic rings. The quantitative estimate of drug-likeness (QED) is 0.847. The predicted molar refractivity (Wildman–Crippen MR) is 94.2 cm³/mol. The molecule has 0 N–H and O–H groups in total. The highest BCUT2D eigenvalue weighted by Crippen LogP contribution is 2.47. The smallest absolute Gasteiger partial charge is 0.208 e. The van der Waals surface area contributed by atoms with E-state index in [-0.39, 0.29) is 0 Å². The third-order valence-electron chi connectivity index (χ3n) is 4.33. The van der Waals surface area contributed by atoms with Crippen LogP contribution in [0.15, 0.2) is 18.2 Å². The summed E-state index contributed by atoms with van der Waals surface area (Å²) in [4.78, 5) is 6.84. The Labute approximate surface area is 144 Å². The minimum atomic E-state index is 0.334. The minimum Gasteiger partial charge on any atom is -0.371 e. The fourth-order valence-corrected chi connectivity index (χ4v) is 5.45. The van der Waals surface area contributed by atoms with E-state index in [1.807, 2.05) is 32.0 Å². The van der Waals surface area contributed by atoms with E-state index < -0.39 is 0 Å². The molecule has 2 fully saturated rings. The van der Waals surface area contributed by atoms with Crippen LogP contribution in [0.1, 0.15) is 22.8 Å². The van der Waals surface area contributed by atoms with E-state index in [9.17, 15) is 0 Å². The summed E-state index contributed by atoms with van der Waals surface area (Å²) in [6.07, 6.45) is 1.46. The highest BCUT2D eigenvalue weighted by molar-refractivity contribution is 8.01. The van der Waals surface area contributed by atoms with Gasteiger partial charge in [0.2, 0.25) is 5.13 Å². The maximum absolute atomic E-state index is 6.09. The number of rotatable bonds is 4. The molecule has 4 rings (SSSR count). The summed E-state index contributed by atoms with van der Waals surface area (Å²) in [5.74, 6) is 1.08. The minimum absolute atomic E-state index is 0.334. The molecule has 23 heavy (non-hydrogen) atoms. The highest BCUT2D eigenvalue weighted by atomic mass is 32.2. The lowest BCUT2D eigenvalue weighted by molar-refractivity contribution is 0.0458. The van der Waals surface area contributed by atoms with E-state index >= 15 is 0 Å². The molecule has 1 spiro atoms. The summed E-state index contributed by atoms with van der Waals surface area (Å²) < 4.78 is 6.44. The maximum Gasteiger partial charge on any atom is 0.208 e. The second-order valence-electron chi connectivity index (χ2n) is 6.36. The van der Waals surface area contributed by atoms with Crippen LogP contribution in [0.25, 0.3) is 0 Å². The second-order valence-corrected chi connectivity index (χ2v) is 9.01. The molecular weight excluding hydrogens is 328 g/mol. The molecule has 0 bridgehead atoms. The topological polar surface area (TPSA) is 51.1 Å². The van der Waals surface area contributed by atoms with Crippen LogP contribution in [0.3, 0.4) is 0 Å². The largest absolute Gasteiger partial charge is 0.371 e. The molecule has 1 atom stereocenters. The van der Waals surface area contributed by atoms with Crippen LogP contribution in [-0.4, -0.2) is 44.9 Å². The van der Waals surface area contributed by atoms with Gasteiger partial charge in [-0.15, -0.1) is 22.0 Å². The molecule has 0 aliphatic carbocycles. The highest BCUT2D eigenvalue weighted by Gasteiger charge is 2.50. The van der Waals surface area contributed by atoms with E-state index in [4.69, 9.17) is 4.74 Å². The van der Waals surface area contributed by atoms with Crippen LogP contribution >= 0.6 is 23.1 Å². The molecule has 0 unspecified atom stereocenters. The van der Waals surface area contributed by atoms with Crippen molar-refractivity contribution in [1.29, 1.82) is 0 Å². The van der Waals surface area contributed by atoms with E-state index in [0.29, 0.717) is 17.5 Å². The van der Waals surface area contributed by atoms with Gasteiger partial charge >= 0.3 is 0 Å². The Morgan fingerprint density at radius 2 is 2.17 bits per heavy atom. The van der Waals surface area contributed by atoms with Crippen molar-refractivity contribution >= 4 is 28.2 Å². The first-order valence-electron chi connectivity index (χ1n) is 7.85. The third-order valence-corrected chi connectivity index (χ3v) is 6.81. The second kappa shape index (κ2) is 6.03. The van der Waals surface area contributed by atoms with Crippen LogP contribution in [0.5, 0.6) is 0 Å². The number of thioether (sulfide) groups is 1. The molecule has 0 saturated carbocycles. The summed E-state index contributed by atoms with van der Waals surface area (Å²) in [6.45, 7) is 6.76. The Morgan fingerprint density at radius 1 is 1.30 bits per heavy atom. The van der Waals surface area contributed by atoms with Gasteiger partial charge in [-0.25, -0.2) is 0 Å². The SMILES string of the molecule is Cc1cccc(CO[C@@H]2CSC3(C2)CN(c2nnc(C)s2)C3)n1. The molecule has 122 valence electrons. The Balaban J connectivity index is 1.29.